The Morgan fingerprint density at radius 2 is 2.23 bits per heavy atom. The number of aromatic nitrogens is 2. The zero-order valence-corrected chi connectivity index (χ0v) is 8.20. The van der Waals surface area contributed by atoms with Crippen molar-refractivity contribution in [1.82, 2.24) is 9.78 Å². The average Bonchev–Trinajstić information content (AvgIpc) is 2.32. The Kier molecular flexibility index (Phi) is 2.40. The minimum Gasteiger partial charge on any atom is -0.392 e. The van der Waals surface area contributed by atoms with E-state index in [4.69, 9.17) is 4.42 Å². The highest BCUT2D eigenvalue weighted by atomic mass is 16.4. The van der Waals surface area contributed by atoms with E-state index < -0.39 is 5.76 Å². The summed E-state index contributed by atoms with van der Waals surface area (Å²) >= 11 is 0. The molecule has 72 valence electrons. The Morgan fingerprint density at radius 3 is 2.62 bits per heavy atom. The fraction of sp³-hybridized carbons (Fsp3) is 0.556. The van der Waals surface area contributed by atoms with Crippen LogP contribution in [-0.4, -0.2) is 9.78 Å². The lowest BCUT2D eigenvalue weighted by Gasteiger charge is -2.10. The first kappa shape index (κ1) is 9.77. The maximum Gasteiger partial charge on any atom is 0.437 e. The lowest BCUT2D eigenvalue weighted by Crippen LogP contribution is -2.15. The second-order valence-corrected chi connectivity index (χ2v) is 3.89. The standard InChI is InChI=1S/C9H14N2O2/c1-5-6-11-8(12)13-7(10-11)9(2,3)4/h5H,1,6H2,2-4H3. The third-order valence-electron chi connectivity index (χ3n) is 1.55. The predicted octanol–water partition coefficient (Wildman–Crippen LogP) is 1.32. The number of hydrogen-bond donors (Lipinski definition) is 0. The van der Waals surface area contributed by atoms with Crippen molar-refractivity contribution in [2.24, 2.45) is 0 Å². The van der Waals surface area contributed by atoms with Crippen molar-refractivity contribution in [1.29, 1.82) is 0 Å². The van der Waals surface area contributed by atoms with Gasteiger partial charge in [0.25, 0.3) is 0 Å². The van der Waals surface area contributed by atoms with Crippen molar-refractivity contribution in [3.8, 4) is 0 Å². The van der Waals surface area contributed by atoms with Crippen LogP contribution in [0.15, 0.2) is 21.9 Å². The van der Waals surface area contributed by atoms with Crippen LogP contribution in [0.4, 0.5) is 0 Å². The molecule has 0 fully saturated rings. The third-order valence-corrected chi connectivity index (χ3v) is 1.55. The van der Waals surface area contributed by atoms with Gasteiger partial charge in [0.2, 0.25) is 5.89 Å². The van der Waals surface area contributed by atoms with E-state index in [1.165, 1.54) is 4.68 Å². The van der Waals surface area contributed by atoms with Crippen molar-refractivity contribution in [2.75, 3.05) is 0 Å². The molecule has 0 amide bonds. The summed E-state index contributed by atoms with van der Waals surface area (Å²) in [5, 5.41) is 4.04. The van der Waals surface area contributed by atoms with E-state index >= 15 is 0 Å². The van der Waals surface area contributed by atoms with Gasteiger partial charge in [0.15, 0.2) is 0 Å². The van der Waals surface area contributed by atoms with Crippen LogP contribution in [0.25, 0.3) is 0 Å². The number of nitrogens with zero attached hydrogens (tertiary/aromatic N) is 2. The zero-order chi connectivity index (χ0) is 10.1. The van der Waals surface area contributed by atoms with Crippen molar-refractivity contribution < 1.29 is 4.42 Å². The highest BCUT2D eigenvalue weighted by Gasteiger charge is 2.21. The monoisotopic (exact) mass is 182 g/mol. The molecule has 0 bridgehead atoms. The molecule has 0 aliphatic heterocycles. The largest absolute Gasteiger partial charge is 0.437 e. The highest BCUT2D eigenvalue weighted by molar-refractivity contribution is 4.94. The van der Waals surface area contributed by atoms with Crippen LogP contribution in [0, 0.1) is 0 Å². The molecule has 0 saturated heterocycles. The van der Waals surface area contributed by atoms with Crippen LogP contribution >= 0.6 is 0 Å². The summed E-state index contributed by atoms with van der Waals surface area (Å²) in [6.45, 7) is 9.74. The normalized spacial score (nSPS) is 11.6. The molecule has 0 unspecified atom stereocenters. The molecule has 13 heavy (non-hydrogen) atoms. The summed E-state index contributed by atoms with van der Waals surface area (Å²) in [7, 11) is 0. The zero-order valence-electron chi connectivity index (χ0n) is 8.20. The maximum absolute atomic E-state index is 11.2. The minimum absolute atomic E-state index is 0.231. The fourth-order valence-corrected chi connectivity index (χ4v) is 0.847. The molecule has 4 heteroatoms. The Balaban J connectivity index is 3.09. The average molecular weight is 182 g/mol. The molecular weight excluding hydrogens is 168 g/mol. The Bertz CT molecular complexity index is 354. The molecule has 1 aromatic heterocycles. The van der Waals surface area contributed by atoms with Crippen molar-refractivity contribution in [2.45, 2.75) is 32.7 Å². The van der Waals surface area contributed by atoms with E-state index in [1.807, 2.05) is 20.8 Å². The molecule has 1 aromatic rings. The van der Waals surface area contributed by atoms with E-state index in [-0.39, 0.29) is 5.41 Å². The first-order valence-electron chi connectivity index (χ1n) is 4.14. The lowest BCUT2D eigenvalue weighted by molar-refractivity contribution is 0.374. The van der Waals surface area contributed by atoms with E-state index in [0.717, 1.165) is 0 Å². The minimum atomic E-state index is -0.426. The molecule has 4 nitrogen and oxygen atoms in total. The van der Waals surface area contributed by atoms with Crippen LogP contribution in [0.5, 0.6) is 0 Å². The van der Waals surface area contributed by atoms with E-state index in [1.54, 1.807) is 6.08 Å². The summed E-state index contributed by atoms with van der Waals surface area (Å²) in [5.41, 5.74) is -0.231. The van der Waals surface area contributed by atoms with Crippen LogP contribution in [0.1, 0.15) is 26.7 Å². The van der Waals surface area contributed by atoms with Crippen LogP contribution < -0.4 is 5.76 Å². The van der Waals surface area contributed by atoms with Gasteiger partial charge in [-0.2, -0.15) is 4.68 Å². The number of hydrogen-bond acceptors (Lipinski definition) is 3. The molecule has 0 aromatic carbocycles. The van der Waals surface area contributed by atoms with Gasteiger partial charge in [0.05, 0.1) is 6.54 Å². The van der Waals surface area contributed by atoms with Gasteiger partial charge < -0.3 is 4.42 Å². The van der Waals surface area contributed by atoms with Gasteiger partial charge in [-0.05, 0) is 0 Å². The smallest absolute Gasteiger partial charge is 0.392 e. The molecule has 0 saturated carbocycles. The third kappa shape index (κ3) is 2.08. The van der Waals surface area contributed by atoms with Gasteiger partial charge in [-0.3, -0.25) is 0 Å². The highest BCUT2D eigenvalue weighted by Crippen LogP contribution is 2.17. The predicted molar refractivity (Wildman–Crippen MR) is 49.7 cm³/mol. The molecule has 0 N–H and O–H groups in total. The quantitative estimate of drug-likeness (QED) is 0.648. The summed E-state index contributed by atoms with van der Waals surface area (Å²) in [5.74, 6) is 0.0316. The molecule has 0 spiro atoms. The summed E-state index contributed by atoms with van der Waals surface area (Å²) in [6.07, 6.45) is 1.61. The van der Waals surface area contributed by atoms with Crippen molar-refractivity contribution >= 4 is 0 Å². The maximum atomic E-state index is 11.2. The molecule has 1 heterocycles. The first-order chi connectivity index (χ1) is 5.95. The second-order valence-electron chi connectivity index (χ2n) is 3.89. The molecule has 0 atom stereocenters. The van der Waals surface area contributed by atoms with Gasteiger partial charge in [-0.25, -0.2) is 4.79 Å². The van der Waals surface area contributed by atoms with Gasteiger partial charge in [-0.15, -0.1) is 11.7 Å². The Labute approximate surface area is 76.9 Å². The number of rotatable bonds is 2. The van der Waals surface area contributed by atoms with E-state index in [0.29, 0.717) is 12.4 Å². The summed E-state index contributed by atoms with van der Waals surface area (Å²) in [6, 6.07) is 0. The van der Waals surface area contributed by atoms with Gasteiger partial charge >= 0.3 is 5.76 Å². The van der Waals surface area contributed by atoms with Gasteiger partial charge in [-0.1, -0.05) is 26.8 Å². The molecule has 1 rings (SSSR count). The van der Waals surface area contributed by atoms with Crippen LogP contribution in [0.2, 0.25) is 0 Å². The SMILES string of the molecule is C=CCn1nc(C(C)(C)C)oc1=O. The Hall–Kier alpha value is -1.32. The fourth-order valence-electron chi connectivity index (χ4n) is 0.847. The first-order valence-corrected chi connectivity index (χ1v) is 4.14. The van der Waals surface area contributed by atoms with Crippen molar-refractivity contribution in [3.05, 3.63) is 29.1 Å². The molecular formula is C9H14N2O2. The topological polar surface area (TPSA) is 48.0 Å². The summed E-state index contributed by atoms with van der Waals surface area (Å²) in [4.78, 5) is 11.2. The van der Waals surface area contributed by atoms with Crippen LogP contribution in [0.3, 0.4) is 0 Å². The molecule has 0 radical (unpaired) electrons. The number of allylic oxidation sites excluding steroid dienone is 1. The van der Waals surface area contributed by atoms with Gasteiger partial charge in [0.1, 0.15) is 0 Å². The van der Waals surface area contributed by atoms with E-state index in [9.17, 15) is 4.79 Å². The second kappa shape index (κ2) is 3.20. The lowest BCUT2D eigenvalue weighted by atomic mass is 9.97. The van der Waals surface area contributed by atoms with Crippen LogP contribution in [-0.2, 0) is 12.0 Å². The van der Waals surface area contributed by atoms with Gasteiger partial charge in [0, 0.05) is 5.41 Å². The molecule has 0 aliphatic carbocycles. The van der Waals surface area contributed by atoms with E-state index in [2.05, 4.69) is 11.7 Å². The van der Waals surface area contributed by atoms with Crippen molar-refractivity contribution in [3.63, 3.8) is 0 Å². The molecule has 0 aliphatic rings. The Morgan fingerprint density at radius 1 is 1.62 bits per heavy atom. The summed E-state index contributed by atoms with van der Waals surface area (Å²) < 4.78 is 6.24.